The highest BCUT2D eigenvalue weighted by Gasteiger charge is 2.16. The molecule has 3 N–H and O–H groups in total. The number of imidazole rings is 1. The Morgan fingerprint density at radius 2 is 2.26 bits per heavy atom. The van der Waals surface area contributed by atoms with Crippen LogP contribution in [0.1, 0.15) is 25.1 Å². The second kappa shape index (κ2) is 5.84. The van der Waals surface area contributed by atoms with E-state index in [0.717, 1.165) is 12.2 Å². The molecule has 0 radical (unpaired) electrons. The first-order valence-corrected chi connectivity index (χ1v) is 6.25. The minimum Gasteiger partial charge on any atom is -0.496 e. The Morgan fingerprint density at radius 1 is 1.47 bits per heavy atom. The molecule has 4 nitrogen and oxygen atoms in total. The number of nitrogens with two attached hydrogens (primary N) is 1. The van der Waals surface area contributed by atoms with Crippen molar-refractivity contribution >= 4 is 0 Å². The van der Waals surface area contributed by atoms with Gasteiger partial charge < -0.3 is 15.5 Å². The lowest BCUT2D eigenvalue weighted by Crippen LogP contribution is -2.05. The molecular formula is C14H18FN3O. The average molecular weight is 263 g/mol. The van der Waals surface area contributed by atoms with Gasteiger partial charge in [0, 0.05) is 5.92 Å². The number of halogens is 1. The molecule has 0 aliphatic heterocycles. The van der Waals surface area contributed by atoms with Crippen LogP contribution in [0.5, 0.6) is 5.75 Å². The third-order valence-corrected chi connectivity index (χ3v) is 3.13. The van der Waals surface area contributed by atoms with E-state index in [1.54, 1.807) is 18.3 Å². The van der Waals surface area contributed by atoms with E-state index in [0.29, 0.717) is 23.6 Å². The van der Waals surface area contributed by atoms with Crippen molar-refractivity contribution in [3.05, 3.63) is 36.0 Å². The molecule has 102 valence electrons. The van der Waals surface area contributed by atoms with E-state index >= 15 is 0 Å². The molecule has 0 amide bonds. The standard InChI is InChI=1S/C14H18FN3O/c1-9(6-7-16)14-17-8-11(18-14)13-10(15)4-3-5-12(13)19-2/h3-5,8-9H,6-7,16H2,1-2H3,(H,17,18). The maximum absolute atomic E-state index is 13.9. The number of hydrogen-bond acceptors (Lipinski definition) is 3. The molecule has 0 aliphatic carbocycles. The number of nitrogens with zero attached hydrogens (tertiary/aromatic N) is 1. The highest BCUT2D eigenvalue weighted by molar-refractivity contribution is 5.67. The Kier molecular flexibility index (Phi) is 4.16. The van der Waals surface area contributed by atoms with Crippen molar-refractivity contribution in [2.45, 2.75) is 19.3 Å². The van der Waals surface area contributed by atoms with Crippen molar-refractivity contribution in [1.29, 1.82) is 0 Å². The molecular weight excluding hydrogens is 245 g/mol. The lowest BCUT2D eigenvalue weighted by atomic mass is 10.1. The highest BCUT2D eigenvalue weighted by atomic mass is 19.1. The summed E-state index contributed by atoms with van der Waals surface area (Å²) >= 11 is 0. The topological polar surface area (TPSA) is 63.9 Å². The number of ether oxygens (including phenoxy) is 1. The molecule has 0 bridgehead atoms. The summed E-state index contributed by atoms with van der Waals surface area (Å²) in [5, 5.41) is 0. The molecule has 0 saturated heterocycles. The van der Waals surface area contributed by atoms with Crippen LogP contribution in [0.25, 0.3) is 11.3 Å². The predicted molar refractivity (Wildman–Crippen MR) is 72.6 cm³/mol. The number of nitrogens with one attached hydrogen (secondary N) is 1. The molecule has 0 spiro atoms. The number of hydrogen-bond donors (Lipinski definition) is 2. The minimum atomic E-state index is -0.332. The van der Waals surface area contributed by atoms with Crippen molar-refractivity contribution in [2.75, 3.05) is 13.7 Å². The third-order valence-electron chi connectivity index (χ3n) is 3.13. The van der Waals surface area contributed by atoms with E-state index in [1.807, 2.05) is 6.92 Å². The van der Waals surface area contributed by atoms with Gasteiger partial charge in [-0.15, -0.1) is 0 Å². The second-order valence-electron chi connectivity index (χ2n) is 4.48. The fourth-order valence-corrected chi connectivity index (χ4v) is 2.04. The summed E-state index contributed by atoms with van der Waals surface area (Å²) in [5.74, 6) is 1.19. The van der Waals surface area contributed by atoms with Gasteiger partial charge in [0.1, 0.15) is 17.4 Å². The predicted octanol–water partition coefficient (Wildman–Crippen LogP) is 2.68. The van der Waals surface area contributed by atoms with Gasteiger partial charge in [-0.25, -0.2) is 9.37 Å². The Bertz CT molecular complexity index is 553. The lowest BCUT2D eigenvalue weighted by molar-refractivity contribution is 0.413. The molecule has 1 aromatic carbocycles. The zero-order chi connectivity index (χ0) is 13.8. The van der Waals surface area contributed by atoms with Crippen LogP contribution >= 0.6 is 0 Å². The lowest BCUT2D eigenvalue weighted by Gasteiger charge is -2.08. The molecule has 0 fully saturated rings. The first-order valence-electron chi connectivity index (χ1n) is 6.25. The quantitative estimate of drug-likeness (QED) is 0.871. The first-order chi connectivity index (χ1) is 9.17. The first kappa shape index (κ1) is 13.5. The monoisotopic (exact) mass is 263 g/mol. The molecule has 2 rings (SSSR count). The summed E-state index contributed by atoms with van der Waals surface area (Å²) in [7, 11) is 1.52. The molecule has 19 heavy (non-hydrogen) atoms. The molecule has 0 saturated carbocycles. The summed E-state index contributed by atoms with van der Waals surface area (Å²) in [5.41, 5.74) is 6.56. The van der Waals surface area contributed by atoms with Gasteiger partial charge in [0.15, 0.2) is 0 Å². The average Bonchev–Trinajstić information content (AvgIpc) is 2.88. The van der Waals surface area contributed by atoms with Gasteiger partial charge in [-0.2, -0.15) is 0 Å². The second-order valence-corrected chi connectivity index (χ2v) is 4.48. The largest absolute Gasteiger partial charge is 0.496 e. The Balaban J connectivity index is 2.38. The minimum absolute atomic E-state index is 0.219. The van der Waals surface area contributed by atoms with Crippen LogP contribution in [0.4, 0.5) is 4.39 Å². The normalized spacial score (nSPS) is 12.4. The van der Waals surface area contributed by atoms with Gasteiger partial charge >= 0.3 is 0 Å². The van der Waals surface area contributed by atoms with Crippen LogP contribution in [-0.2, 0) is 0 Å². The molecule has 1 atom stereocenters. The van der Waals surface area contributed by atoms with E-state index in [-0.39, 0.29) is 11.7 Å². The van der Waals surface area contributed by atoms with Gasteiger partial charge in [-0.1, -0.05) is 13.0 Å². The number of methoxy groups -OCH3 is 1. The summed E-state index contributed by atoms with van der Waals surface area (Å²) in [6.45, 7) is 2.63. The number of aromatic nitrogens is 2. The maximum Gasteiger partial charge on any atom is 0.136 e. The summed E-state index contributed by atoms with van der Waals surface area (Å²) < 4.78 is 19.1. The van der Waals surface area contributed by atoms with Crippen molar-refractivity contribution in [3.63, 3.8) is 0 Å². The maximum atomic E-state index is 13.9. The molecule has 2 aromatic rings. The number of H-pyrrole nitrogens is 1. The molecule has 1 aromatic heterocycles. The number of benzene rings is 1. The number of aromatic amines is 1. The van der Waals surface area contributed by atoms with E-state index in [9.17, 15) is 4.39 Å². The fraction of sp³-hybridized carbons (Fsp3) is 0.357. The van der Waals surface area contributed by atoms with Crippen LogP contribution in [0.2, 0.25) is 0 Å². The Morgan fingerprint density at radius 3 is 2.95 bits per heavy atom. The summed E-state index contributed by atoms with van der Waals surface area (Å²) in [4.78, 5) is 7.44. The van der Waals surface area contributed by atoms with Crippen molar-refractivity contribution in [2.24, 2.45) is 5.73 Å². The summed E-state index contributed by atoms with van der Waals surface area (Å²) in [6.07, 6.45) is 2.46. The van der Waals surface area contributed by atoms with E-state index in [2.05, 4.69) is 9.97 Å². The molecule has 5 heteroatoms. The fourth-order valence-electron chi connectivity index (χ4n) is 2.04. The van der Waals surface area contributed by atoms with Crippen molar-refractivity contribution < 1.29 is 9.13 Å². The van der Waals surface area contributed by atoms with Crippen LogP contribution in [0, 0.1) is 5.82 Å². The van der Waals surface area contributed by atoms with Crippen LogP contribution in [-0.4, -0.2) is 23.6 Å². The summed E-state index contributed by atoms with van der Waals surface area (Å²) in [6, 6.07) is 4.75. The van der Waals surface area contributed by atoms with Crippen molar-refractivity contribution in [3.8, 4) is 17.0 Å². The van der Waals surface area contributed by atoms with E-state index in [4.69, 9.17) is 10.5 Å². The van der Waals surface area contributed by atoms with E-state index < -0.39 is 0 Å². The van der Waals surface area contributed by atoms with Gasteiger partial charge in [0.05, 0.1) is 24.6 Å². The van der Waals surface area contributed by atoms with Crippen LogP contribution in [0.15, 0.2) is 24.4 Å². The molecule has 0 aliphatic rings. The van der Waals surface area contributed by atoms with Gasteiger partial charge in [-0.05, 0) is 25.1 Å². The SMILES string of the molecule is COc1cccc(F)c1-c1cnc(C(C)CCN)[nH]1. The van der Waals surface area contributed by atoms with E-state index in [1.165, 1.54) is 13.2 Å². The highest BCUT2D eigenvalue weighted by Crippen LogP contribution is 2.32. The third kappa shape index (κ3) is 2.76. The smallest absolute Gasteiger partial charge is 0.136 e. The molecule has 1 unspecified atom stereocenters. The Hall–Kier alpha value is -1.88. The van der Waals surface area contributed by atoms with Gasteiger partial charge in [-0.3, -0.25) is 0 Å². The van der Waals surface area contributed by atoms with Gasteiger partial charge in [0.25, 0.3) is 0 Å². The van der Waals surface area contributed by atoms with Crippen molar-refractivity contribution in [1.82, 2.24) is 9.97 Å². The zero-order valence-corrected chi connectivity index (χ0v) is 11.1. The van der Waals surface area contributed by atoms with Crippen LogP contribution in [0.3, 0.4) is 0 Å². The number of rotatable bonds is 5. The Labute approximate surface area is 111 Å². The molecule has 1 heterocycles. The zero-order valence-electron chi connectivity index (χ0n) is 11.1. The van der Waals surface area contributed by atoms with Gasteiger partial charge in [0.2, 0.25) is 0 Å². The van der Waals surface area contributed by atoms with Crippen LogP contribution < -0.4 is 10.5 Å².